The highest BCUT2D eigenvalue weighted by Crippen LogP contribution is 2.36. The van der Waals surface area contributed by atoms with Gasteiger partial charge in [0.15, 0.2) is 5.75 Å². The Morgan fingerprint density at radius 3 is 2.49 bits per heavy atom. The van der Waals surface area contributed by atoms with E-state index in [9.17, 15) is 36.3 Å². The lowest BCUT2D eigenvalue weighted by Crippen LogP contribution is -2.50. The zero-order valence-corrected chi connectivity index (χ0v) is 25.1. The molecule has 1 aliphatic heterocycles. The van der Waals surface area contributed by atoms with Crippen molar-refractivity contribution in [3.63, 3.8) is 0 Å². The van der Waals surface area contributed by atoms with E-state index in [2.05, 4.69) is 10.0 Å². The van der Waals surface area contributed by atoms with Gasteiger partial charge in [0.25, 0.3) is 15.9 Å². The lowest BCUT2D eigenvalue weighted by molar-refractivity contribution is -0.137. The summed E-state index contributed by atoms with van der Waals surface area (Å²) in [5, 5.41) is 14.0. The van der Waals surface area contributed by atoms with E-state index in [1.54, 1.807) is 25.3 Å². The number of ether oxygens (including phenoxy) is 1. The Morgan fingerprint density at radius 2 is 1.88 bits per heavy atom. The Morgan fingerprint density at radius 1 is 1.19 bits per heavy atom. The van der Waals surface area contributed by atoms with Crippen LogP contribution in [0.5, 0.6) is 5.75 Å². The van der Waals surface area contributed by atoms with Gasteiger partial charge in [0.2, 0.25) is 0 Å². The quantitative estimate of drug-likeness (QED) is 0.320. The molecule has 0 bridgehead atoms. The van der Waals surface area contributed by atoms with Crippen LogP contribution in [-0.4, -0.2) is 74.2 Å². The number of alkyl halides is 3. The largest absolute Gasteiger partial charge is 0.485 e. The van der Waals surface area contributed by atoms with E-state index in [0.717, 1.165) is 35.6 Å². The Bertz CT molecular complexity index is 1550. The van der Waals surface area contributed by atoms with Crippen LogP contribution in [0.2, 0.25) is 0 Å². The van der Waals surface area contributed by atoms with Crippen LogP contribution < -0.4 is 14.8 Å². The van der Waals surface area contributed by atoms with Crippen LogP contribution in [0.1, 0.15) is 29.8 Å². The predicted octanol–water partition coefficient (Wildman–Crippen LogP) is 4.95. The molecule has 0 aliphatic carbocycles. The van der Waals surface area contributed by atoms with Gasteiger partial charge in [0.1, 0.15) is 10.3 Å². The number of benzene rings is 2. The number of amides is 3. The molecule has 3 N–H and O–H groups in total. The number of nitrogens with zero attached hydrogens (tertiary/aromatic N) is 2. The highest BCUT2D eigenvalue weighted by atomic mass is 32.2. The molecular formula is C28H31F3N4O6S2. The normalized spacial score (nSPS) is 18.1. The first-order chi connectivity index (χ1) is 20.2. The monoisotopic (exact) mass is 640 g/mol. The third-order valence-electron chi connectivity index (χ3n) is 6.96. The molecule has 15 heteroatoms. The van der Waals surface area contributed by atoms with Gasteiger partial charge in [-0.05, 0) is 54.8 Å². The topological polar surface area (TPSA) is 128 Å². The molecule has 4 rings (SSSR count). The molecule has 0 spiro atoms. The molecule has 2 aromatic carbocycles. The molecule has 2 heterocycles. The Balaban J connectivity index is 1.63. The van der Waals surface area contributed by atoms with Gasteiger partial charge in [-0.1, -0.05) is 19.1 Å². The molecule has 0 unspecified atom stereocenters. The number of para-hydroxylation sites is 1. The molecule has 43 heavy (non-hydrogen) atoms. The highest BCUT2D eigenvalue weighted by Gasteiger charge is 2.36. The maximum Gasteiger partial charge on any atom is 0.416 e. The molecule has 0 saturated carbocycles. The van der Waals surface area contributed by atoms with Crippen molar-refractivity contribution >= 4 is 44.7 Å². The molecule has 3 amide bonds. The first-order valence-corrected chi connectivity index (χ1v) is 15.5. The number of likely N-dealkylation sites (N-methyl/N-ethyl adjacent to an activating group) is 1. The fourth-order valence-corrected chi connectivity index (χ4v) is 6.52. The number of hydrogen-bond donors (Lipinski definition) is 3. The maximum atomic E-state index is 13.6. The fraction of sp³-hybridized carbons (Fsp3) is 0.357. The van der Waals surface area contributed by atoms with Crippen molar-refractivity contribution in [2.75, 3.05) is 36.8 Å². The van der Waals surface area contributed by atoms with Crippen molar-refractivity contribution in [3.8, 4) is 5.75 Å². The number of rotatable bonds is 8. The van der Waals surface area contributed by atoms with Crippen LogP contribution >= 0.6 is 11.3 Å². The van der Waals surface area contributed by atoms with Gasteiger partial charge in [-0.15, -0.1) is 11.3 Å². The van der Waals surface area contributed by atoms with Gasteiger partial charge in [0, 0.05) is 25.2 Å². The minimum Gasteiger partial charge on any atom is -0.485 e. The number of carbonyl (C=O) groups is 2. The second-order valence-electron chi connectivity index (χ2n) is 10.2. The summed E-state index contributed by atoms with van der Waals surface area (Å²) in [5.74, 6) is -0.905. The average Bonchev–Trinajstić information content (AvgIpc) is 3.51. The van der Waals surface area contributed by atoms with Gasteiger partial charge >= 0.3 is 12.2 Å². The smallest absolute Gasteiger partial charge is 0.416 e. The summed E-state index contributed by atoms with van der Waals surface area (Å²) in [6.07, 6.45) is -5.28. The fourth-order valence-electron chi connectivity index (χ4n) is 4.47. The molecule has 1 aliphatic rings. The number of halogens is 3. The SMILES string of the molecule is C[C@@H]1CN([C@@H](C)CO)C(=O)c2cccc(NS(=O)(=O)c3cccs3)c2O[C@H]1CN(C)C(=O)Nc1ccc(C(F)(F)F)cc1. The zero-order chi connectivity index (χ0) is 31.5. The minimum atomic E-state index is -4.51. The number of urea groups is 1. The van der Waals surface area contributed by atoms with Crippen molar-refractivity contribution in [3.05, 3.63) is 71.1 Å². The van der Waals surface area contributed by atoms with Crippen LogP contribution in [0, 0.1) is 5.92 Å². The second-order valence-corrected chi connectivity index (χ2v) is 13.1. The molecule has 3 atom stereocenters. The number of aliphatic hydroxyl groups is 1. The minimum absolute atomic E-state index is 0.0202. The zero-order valence-electron chi connectivity index (χ0n) is 23.5. The number of thiophene rings is 1. The molecule has 0 fully saturated rings. The number of sulfonamides is 1. The van der Waals surface area contributed by atoms with E-state index in [1.807, 2.05) is 0 Å². The van der Waals surface area contributed by atoms with Crippen LogP contribution in [0.15, 0.2) is 64.2 Å². The van der Waals surface area contributed by atoms with Crippen molar-refractivity contribution in [2.24, 2.45) is 5.92 Å². The van der Waals surface area contributed by atoms with Gasteiger partial charge < -0.3 is 25.0 Å². The number of fused-ring (bicyclic) bond motifs is 1. The average molecular weight is 641 g/mol. The lowest BCUT2D eigenvalue weighted by atomic mass is 9.99. The summed E-state index contributed by atoms with van der Waals surface area (Å²) < 4.78 is 73.7. The molecule has 1 aromatic heterocycles. The number of aliphatic hydroxyl groups excluding tert-OH is 1. The number of nitrogens with one attached hydrogen (secondary N) is 2. The van der Waals surface area contributed by atoms with E-state index in [4.69, 9.17) is 4.74 Å². The van der Waals surface area contributed by atoms with Crippen LogP contribution in [0.4, 0.5) is 29.3 Å². The maximum absolute atomic E-state index is 13.6. The summed E-state index contributed by atoms with van der Waals surface area (Å²) in [5.41, 5.74) is -0.608. The molecule has 10 nitrogen and oxygen atoms in total. The third-order valence-corrected chi connectivity index (χ3v) is 9.72. The van der Waals surface area contributed by atoms with E-state index in [1.165, 1.54) is 41.1 Å². The highest BCUT2D eigenvalue weighted by molar-refractivity contribution is 7.94. The van der Waals surface area contributed by atoms with E-state index in [0.29, 0.717) is 0 Å². The van der Waals surface area contributed by atoms with Crippen molar-refractivity contribution < 1.29 is 41.0 Å². The Labute approximate surface area is 251 Å². The van der Waals surface area contributed by atoms with E-state index < -0.39 is 51.8 Å². The van der Waals surface area contributed by atoms with Gasteiger partial charge in [-0.3, -0.25) is 9.52 Å². The van der Waals surface area contributed by atoms with Gasteiger partial charge in [-0.25, -0.2) is 13.2 Å². The Kier molecular flexibility index (Phi) is 9.57. The first kappa shape index (κ1) is 32.1. The van der Waals surface area contributed by atoms with Gasteiger partial charge in [0.05, 0.1) is 36.0 Å². The standard InChI is InChI=1S/C28H31F3N4O6S2/c1-17-14-35(18(2)16-36)26(37)21-6-4-7-22(33-43(39,40)24-8-5-13-42-24)25(21)41-23(17)15-34(3)27(38)32-20-11-9-19(10-12-20)28(29,30)31/h4-13,17-18,23,33,36H,14-16H2,1-3H3,(H,32,38)/t17-,18+,23+/m1/s1. The summed E-state index contributed by atoms with van der Waals surface area (Å²) in [6.45, 7) is 3.27. The van der Waals surface area contributed by atoms with E-state index >= 15 is 0 Å². The first-order valence-electron chi connectivity index (χ1n) is 13.2. The Hall–Kier alpha value is -3.82. The van der Waals surface area contributed by atoms with Gasteiger partial charge in [-0.2, -0.15) is 13.2 Å². The number of anilines is 2. The molecule has 3 aromatic rings. The van der Waals surface area contributed by atoms with Crippen molar-refractivity contribution in [2.45, 2.75) is 36.4 Å². The van der Waals surface area contributed by atoms with Crippen LogP contribution in [0.25, 0.3) is 0 Å². The van der Waals surface area contributed by atoms with Crippen molar-refractivity contribution in [1.29, 1.82) is 0 Å². The van der Waals surface area contributed by atoms with Crippen LogP contribution in [0.3, 0.4) is 0 Å². The van der Waals surface area contributed by atoms with Crippen LogP contribution in [-0.2, 0) is 16.2 Å². The van der Waals surface area contributed by atoms with E-state index in [-0.39, 0.29) is 46.6 Å². The van der Waals surface area contributed by atoms with Crippen molar-refractivity contribution in [1.82, 2.24) is 9.80 Å². The summed E-state index contributed by atoms with van der Waals surface area (Å²) in [6, 6.07) is 10.3. The molecular weight excluding hydrogens is 609 g/mol. The number of hydrogen-bond acceptors (Lipinski definition) is 7. The molecule has 232 valence electrons. The summed E-state index contributed by atoms with van der Waals surface area (Å²) >= 11 is 1.02. The third kappa shape index (κ3) is 7.40. The predicted molar refractivity (Wildman–Crippen MR) is 156 cm³/mol. The molecule has 0 saturated heterocycles. The second kappa shape index (κ2) is 12.8. The number of carbonyl (C=O) groups excluding carboxylic acids is 2. The summed E-state index contributed by atoms with van der Waals surface area (Å²) in [4.78, 5) is 29.4. The summed E-state index contributed by atoms with van der Waals surface area (Å²) in [7, 11) is -2.54. The lowest BCUT2D eigenvalue weighted by Gasteiger charge is -2.38. The molecule has 0 radical (unpaired) electrons.